The molecule has 2 aromatic carbocycles. The molecule has 5 rings (SSSR count). The lowest BCUT2D eigenvalue weighted by atomic mass is 9.79. The van der Waals surface area contributed by atoms with Gasteiger partial charge in [-0.3, -0.25) is 4.98 Å². The number of esters is 1. The zero-order valence-electron chi connectivity index (χ0n) is 20.2. The first-order chi connectivity index (χ1) is 17.1. The first kappa shape index (κ1) is 22.8. The fourth-order valence-electron chi connectivity index (χ4n) is 5.07. The van der Waals surface area contributed by atoms with Crippen LogP contribution in [0.5, 0.6) is 0 Å². The molecule has 0 unspecified atom stereocenters. The number of benzene rings is 2. The Bertz CT molecular complexity index is 1300. The van der Waals surface area contributed by atoms with Gasteiger partial charge < -0.3 is 9.64 Å². The third-order valence-electron chi connectivity index (χ3n) is 7.03. The summed E-state index contributed by atoms with van der Waals surface area (Å²) in [5, 5.41) is 4.30. The molecule has 0 bridgehead atoms. The zero-order chi connectivity index (χ0) is 24.2. The predicted molar refractivity (Wildman–Crippen MR) is 138 cm³/mol. The Morgan fingerprint density at radius 2 is 1.94 bits per heavy atom. The summed E-state index contributed by atoms with van der Waals surface area (Å²) in [5.74, 6) is 0.189. The van der Waals surface area contributed by atoms with Crippen molar-refractivity contribution in [2.75, 3.05) is 19.1 Å². The van der Waals surface area contributed by atoms with Crippen molar-refractivity contribution in [3.05, 3.63) is 102 Å². The second-order valence-corrected chi connectivity index (χ2v) is 9.06. The molecule has 35 heavy (non-hydrogen) atoms. The fraction of sp³-hybridized carbons (Fsp3) is 0.276. The van der Waals surface area contributed by atoms with Gasteiger partial charge in [-0.2, -0.15) is 5.10 Å². The maximum absolute atomic E-state index is 12.1. The van der Waals surface area contributed by atoms with Crippen LogP contribution in [0.25, 0.3) is 5.69 Å². The molecule has 2 aromatic heterocycles. The van der Waals surface area contributed by atoms with Gasteiger partial charge in [0.15, 0.2) is 0 Å². The van der Waals surface area contributed by atoms with Gasteiger partial charge in [0.2, 0.25) is 0 Å². The smallest absolute Gasteiger partial charge is 0.338 e. The Hall–Kier alpha value is -3.93. The number of fused-ring (bicyclic) bond motifs is 1. The number of anilines is 2. The SMILES string of the molecule is COC(=O)c1ccncc1CC[C@@H]1CCCc2cc(N(C)c3ccc(-n4cccn4)cc3)ccc21. The highest BCUT2D eigenvalue weighted by molar-refractivity contribution is 5.90. The van der Waals surface area contributed by atoms with Crippen molar-refractivity contribution in [3.63, 3.8) is 0 Å². The van der Waals surface area contributed by atoms with Gasteiger partial charge in [-0.15, -0.1) is 0 Å². The summed E-state index contributed by atoms with van der Waals surface area (Å²) < 4.78 is 6.81. The zero-order valence-corrected chi connectivity index (χ0v) is 20.2. The van der Waals surface area contributed by atoms with Crippen LogP contribution in [-0.2, 0) is 17.6 Å². The van der Waals surface area contributed by atoms with E-state index in [0.29, 0.717) is 11.5 Å². The van der Waals surface area contributed by atoms with Gasteiger partial charge in [0.25, 0.3) is 0 Å². The fourth-order valence-corrected chi connectivity index (χ4v) is 5.07. The number of rotatable bonds is 7. The van der Waals surface area contributed by atoms with E-state index in [1.807, 2.05) is 16.9 Å². The van der Waals surface area contributed by atoms with Crippen LogP contribution in [0.1, 0.15) is 52.2 Å². The molecule has 1 aliphatic carbocycles. The highest BCUT2D eigenvalue weighted by atomic mass is 16.5. The van der Waals surface area contributed by atoms with Gasteiger partial charge in [-0.1, -0.05) is 6.07 Å². The number of aromatic nitrogens is 3. The lowest BCUT2D eigenvalue weighted by Crippen LogP contribution is -2.15. The van der Waals surface area contributed by atoms with E-state index in [9.17, 15) is 4.79 Å². The lowest BCUT2D eigenvalue weighted by Gasteiger charge is -2.28. The van der Waals surface area contributed by atoms with Crippen LogP contribution >= 0.6 is 0 Å². The largest absolute Gasteiger partial charge is 0.465 e. The molecular weight excluding hydrogens is 436 g/mol. The molecular formula is C29H30N4O2. The molecule has 0 N–H and O–H groups in total. The van der Waals surface area contributed by atoms with E-state index in [2.05, 4.69) is 64.5 Å². The summed E-state index contributed by atoms with van der Waals surface area (Å²) in [7, 11) is 3.54. The Kier molecular flexibility index (Phi) is 6.62. The summed E-state index contributed by atoms with van der Waals surface area (Å²) in [6.07, 6.45) is 12.4. The lowest BCUT2D eigenvalue weighted by molar-refractivity contribution is 0.0599. The minimum atomic E-state index is -0.295. The monoisotopic (exact) mass is 466 g/mol. The maximum atomic E-state index is 12.1. The molecule has 0 saturated carbocycles. The van der Waals surface area contributed by atoms with Crippen molar-refractivity contribution in [1.82, 2.24) is 14.8 Å². The molecule has 0 saturated heterocycles. The molecule has 4 aromatic rings. The molecule has 1 aliphatic rings. The van der Waals surface area contributed by atoms with Gasteiger partial charge in [0.05, 0.1) is 18.4 Å². The molecule has 178 valence electrons. The van der Waals surface area contributed by atoms with Gasteiger partial charge in [0.1, 0.15) is 0 Å². The molecule has 0 spiro atoms. The normalized spacial score (nSPS) is 14.9. The molecule has 0 amide bonds. The van der Waals surface area contributed by atoms with Crippen molar-refractivity contribution >= 4 is 17.3 Å². The van der Waals surface area contributed by atoms with E-state index in [1.165, 1.54) is 36.8 Å². The Balaban J connectivity index is 1.31. The number of ether oxygens (including phenoxy) is 1. The molecule has 0 aliphatic heterocycles. The van der Waals surface area contributed by atoms with E-state index in [-0.39, 0.29) is 5.97 Å². The van der Waals surface area contributed by atoms with Crippen molar-refractivity contribution in [2.45, 2.75) is 38.0 Å². The summed E-state index contributed by atoms with van der Waals surface area (Å²) in [6, 6.07) is 19.0. The van der Waals surface area contributed by atoms with Crippen molar-refractivity contribution in [3.8, 4) is 5.69 Å². The Morgan fingerprint density at radius 1 is 1.11 bits per heavy atom. The first-order valence-corrected chi connectivity index (χ1v) is 12.1. The second-order valence-electron chi connectivity index (χ2n) is 9.06. The highest BCUT2D eigenvalue weighted by Crippen LogP contribution is 2.38. The standard InChI is InChI=1S/C29H30N4O2/c1-32(24-9-11-25(12-10-24)33-18-4-16-31-33)26-13-14-27-21(5-3-6-22(27)19-26)7-8-23-20-30-17-15-28(23)29(34)35-2/h4,9-21H,3,5-8H2,1-2H3/t21-/m0/s1. The average Bonchev–Trinajstić information content (AvgIpc) is 3.46. The second kappa shape index (κ2) is 10.1. The molecule has 6 heteroatoms. The minimum Gasteiger partial charge on any atom is -0.465 e. The van der Waals surface area contributed by atoms with Gasteiger partial charge in [0, 0.05) is 43.2 Å². The van der Waals surface area contributed by atoms with Crippen molar-refractivity contribution < 1.29 is 9.53 Å². The predicted octanol–water partition coefficient (Wildman–Crippen LogP) is 5.87. The van der Waals surface area contributed by atoms with Gasteiger partial charge in [-0.05, 0) is 103 Å². The number of hydrogen-bond donors (Lipinski definition) is 0. The summed E-state index contributed by atoms with van der Waals surface area (Å²) in [4.78, 5) is 18.6. The number of carbonyl (C=O) groups is 1. The van der Waals surface area contributed by atoms with Crippen LogP contribution < -0.4 is 4.90 Å². The Labute approximate surface area is 206 Å². The topological polar surface area (TPSA) is 60.2 Å². The average molecular weight is 467 g/mol. The maximum Gasteiger partial charge on any atom is 0.338 e. The van der Waals surface area contributed by atoms with Crippen LogP contribution in [0, 0.1) is 0 Å². The Morgan fingerprint density at radius 3 is 2.71 bits per heavy atom. The molecule has 1 atom stereocenters. The van der Waals surface area contributed by atoms with Crippen LogP contribution in [0.15, 0.2) is 79.4 Å². The number of nitrogens with zero attached hydrogens (tertiary/aromatic N) is 4. The number of pyridine rings is 1. The van der Waals surface area contributed by atoms with Gasteiger partial charge in [-0.25, -0.2) is 9.48 Å². The minimum absolute atomic E-state index is 0.295. The quantitative estimate of drug-likeness (QED) is 0.319. The molecule has 2 heterocycles. The number of methoxy groups -OCH3 is 1. The summed E-state index contributed by atoms with van der Waals surface area (Å²) in [6.45, 7) is 0. The summed E-state index contributed by atoms with van der Waals surface area (Å²) >= 11 is 0. The number of hydrogen-bond acceptors (Lipinski definition) is 5. The highest BCUT2D eigenvalue weighted by Gasteiger charge is 2.22. The van der Waals surface area contributed by atoms with Crippen LogP contribution in [0.3, 0.4) is 0 Å². The van der Waals surface area contributed by atoms with E-state index >= 15 is 0 Å². The van der Waals surface area contributed by atoms with Crippen LogP contribution in [-0.4, -0.2) is 34.9 Å². The number of aryl methyl sites for hydroxylation is 2. The summed E-state index contributed by atoms with van der Waals surface area (Å²) in [5.41, 5.74) is 7.82. The van der Waals surface area contributed by atoms with Crippen LogP contribution in [0.4, 0.5) is 11.4 Å². The van der Waals surface area contributed by atoms with Crippen molar-refractivity contribution in [1.29, 1.82) is 0 Å². The van der Waals surface area contributed by atoms with E-state index in [4.69, 9.17) is 4.74 Å². The third-order valence-corrected chi connectivity index (χ3v) is 7.03. The molecule has 6 nitrogen and oxygen atoms in total. The van der Waals surface area contributed by atoms with E-state index in [1.54, 1.807) is 24.7 Å². The van der Waals surface area contributed by atoms with Crippen molar-refractivity contribution in [2.24, 2.45) is 0 Å². The molecule has 0 radical (unpaired) electrons. The van der Waals surface area contributed by atoms with E-state index in [0.717, 1.165) is 36.2 Å². The first-order valence-electron chi connectivity index (χ1n) is 12.1. The van der Waals surface area contributed by atoms with Gasteiger partial charge >= 0.3 is 5.97 Å². The van der Waals surface area contributed by atoms with E-state index < -0.39 is 0 Å². The molecule has 0 fully saturated rings. The number of carbonyl (C=O) groups excluding carboxylic acids is 1. The van der Waals surface area contributed by atoms with Crippen LogP contribution in [0.2, 0.25) is 0 Å². The third kappa shape index (κ3) is 4.83.